The summed E-state index contributed by atoms with van der Waals surface area (Å²) in [7, 11) is 0. The minimum absolute atomic E-state index is 0.149. The fourth-order valence-electron chi connectivity index (χ4n) is 1.89. The molecule has 3 aromatic rings. The summed E-state index contributed by atoms with van der Waals surface area (Å²) >= 11 is 1.34. The summed E-state index contributed by atoms with van der Waals surface area (Å²) in [5.74, 6) is -0.149. The van der Waals surface area contributed by atoms with Crippen molar-refractivity contribution >= 4 is 17.2 Å². The predicted molar refractivity (Wildman–Crippen MR) is 83.0 cm³/mol. The number of pyridine rings is 1. The molecule has 104 valence electrons. The van der Waals surface area contributed by atoms with Crippen LogP contribution in [-0.2, 0) is 6.54 Å². The third-order valence-electron chi connectivity index (χ3n) is 2.97. The molecule has 3 rings (SSSR count). The molecule has 1 amide bonds. The molecule has 21 heavy (non-hydrogen) atoms. The third-order valence-corrected chi connectivity index (χ3v) is 3.81. The highest BCUT2D eigenvalue weighted by atomic mass is 32.1. The second kappa shape index (κ2) is 6.28. The van der Waals surface area contributed by atoms with Crippen molar-refractivity contribution in [2.45, 2.75) is 6.54 Å². The average Bonchev–Trinajstić information content (AvgIpc) is 3.04. The van der Waals surface area contributed by atoms with E-state index < -0.39 is 0 Å². The molecule has 0 aliphatic heterocycles. The SMILES string of the molecule is O=C(NCc1ccccc1)c1nc(-c2ccncc2)cs1. The normalized spacial score (nSPS) is 10.3. The van der Waals surface area contributed by atoms with Crippen LogP contribution in [0.2, 0.25) is 0 Å². The van der Waals surface area contributed by atoms with E-state index >= 15 is 0 Å². The number of hydrogen-bond acceptors (Lipinski definition) is 4. The van der Waals surface area contributed by atoms with Gasteiger partial charge in [0.1, 0.15) is 0 Å². The van der Waals surface area contributed by atoms with Gasteiger partial charge in [-0.05, 0) is 17.7 Å². The first-order chi connectivity index (χ1) is 10.3. The standard InChI is InChI=1S/C16H13N3OS/c20-15(18-10-12-4-2-1-3-5-12)16-19-14(11-21-16)13-6-8-17-9-7-13/h1-9,11H,10H2,(H,18,20). The van der Waals surface area contributed by atoms with Gasteiger partial charge in [-0.3, -0.25) is 9.78 Å². The highest BCUT2D eigenvalue weighted by Gasteiger charge is 2.11. The summed E-state index contributed by atoms with van der Waals surface area (Å²) in [5, 5.41) is 5.23. The number of rotatable bonds is 4. The van der Waals surface area contributed by atoms with Crippen molar-refractivity contribution < 1.29 is 4.79 Å². The summed E-state index contributed by atoms with van der Waals surface area (Å²) in [5.41, 5.74) is 2.83. The number of hydrogen-bond donors (Lipinski definition) is 1. The smallest absolute Gasteiger partial charge is 0.280 e. The van der Waals surface area contributed by atoms with Crippen molar-refractivity contribution in [1.82, 2.24) is 15.3 Å². The molecule has 0 bridgehead atoms. The van der Waals surface area contributed by atoms with Crippen LogP contribution in [0, 0.1) is 0 Å². The number of thiazole rings is 1. The van der Waals surface area contributed by atoms with E-state index in [1.165, 1.54) is 11.3 Å². The predicted octanol–water partition coefficient (Wildman–Crippen LogP) is 3.14. The lowest BCUT2D eigenvalue weighted by Gasteiger charge is -2.02. The van der Waals surface area contributed by atoms with Crippen LogP contribution in [0.5, 0.6) is 0 Å². The van der Waals surface area contributed by atoms with E-state index in [1.807, 2.05) is 47.8 Å². The van der Waals surface area contributed by atoms with E-state index in [1.54, 1.807) is 12.4 Å². The fourth-order valence-corrected chi connectivity index (χ4v) is 2.63. The lowest BCUT2D eigenvalue weighted by atomic mass is 10.2. The van der Waals surface area contributed by atoms with E-state index in [2.05, 4.69) is 15.3 Å². The summed E-state index contributed by atoms with van der Waals surface area (Å²) < 4.78 is 0. The molecule has 0 atom stereocenters. The maximum atomic E-state index is 12.1. The van der Waals surface area contributed by atoms with Gasteiger partial charge in [0.15, 0.2) is 5.01 Å². The lowest BCUT2D eigenvalue weighted by Crippen LogP contribution is -2.22. The third kappa shape index (κ3) is 3.32. The molecule has 1 N–H and O–H groups in total. The molecule has 0 radical (unpaired) electrons. The Hall–Kier alpha value is -2.53. The summed E-state index contributed by atoms with van der Waals surface area (Å²) in [6, 6.07) is 13.6. The van der Waals surface area contributed by atoms with E-state index in [-0.39, 0.29) is 5.91 Å². The first-order valence-corrected chi connectivity index (χ1v) is 7.39. The van der Waals surface area contributed by atoms with Gasteiger partial charge in [-0.1, -0.05) is 30.3 Å². The molecule has 0 unspecified atom stereocenters. The first-order valence-electron chi connectivity index (χ1n) is 6.51. The van der Waals surface area contributed by atoms with Crippen molar-refractivity contribution in [2.75, 3.05) is 0 Å². The van der Waals surface area contributed by atoms with Gasteiger partial charge < -0.3 is 5.32 Å². The van der Waals surface area contributed by atoms with Gasteiger partial charge in [-0.2, -0.15) is 0 Å². The molecule has 0 saturated heterocycles. The Bertz CT molecular complexity index is 726. The van der Waals surface area contributed by atoms with Gasteiger partial charge >= 0.3 is 0 Å². The Labute approximate surface area is 126 Å². The van der Waals surface area contributed by atoms with Gasteiger partial charge in [0.05, 0.1) is 5.69 Å². The van der Waals surface area contributed by atoms with E-state index in [0.29, 0.717) is 11.6 Å². The average molecular weight is 295 g/mol. The molecule has 0 saturated carbocycles. The number of nitrogens with one attached hydrogen (secondary N) is 1. The molecule has 2 aromatic heterocycles. The zero-order valence-corrected chi connectivity index (χ0v) is 12.0. The minimum Gasteiger partial charge on any atom is -0.346 e. The Kier molecular flexibility index (Phi) is 4.02. The van der Waals surface area contributed by atoms with Crippen LogP contribution < -0.4 is 5.32 Å². The van der Waals surface area contributed by atoms with Crippen LogP contribution in [-0.4, -0.2) is 15.9 Å². The monoisotopic (exact) mass is 295 g/mol. The van der Waals surface area contributed by atoms with Crippen molar-refractivity contribution in [1.29, 1.82) is 0 Å². The lowest BCUT2D eigenvalue weighted by molar-refractivity contribution is 0.0950. The Balaban J connectivity index is 1.67. The number of nitrogens with zero attached hydrogens (tertiary/aromatic N) is 2. The fraction of sp³-hybridized carbons (Fsp3) is 0.0625. The summed E-state index contributed by atoms with van der Waals surface area (Å²) in [4.78, 5) is 20.4. The van der Waals surface area contributed by atoms with Gasteiger partial charge in [-0.25, -0.2) is 4.98 Å². The molecule has 0 spiro atoms. The van der Waals surface area contributed by atoms with Crippen molar-refractivity contribution in [2.24, 2.45) is 0 Å². The van der Waals surface area contributed by atoms with Gasteiger partial charge in [0.25, 0.3) is 5.91 Å². The van der Waals surface area contributed by atoms with Crippen LogP contribution >= 0.6 is 11.3 Å². The minimum atomic E-state index is -0.149. The van der Waals surface area contributed by atoms with E-state index in [4.69, 9.17) is 0 Å². The van der Waals surface area contributed by atoms with Crippen molar-refractivity contribution in [3.63, 3.8) is 0 Å². The van der Waals surface area contributed by atoms with Gasteiger partial charge in [-0.15, -0.1) is 11.3 Å². The van der Waals surface area contributed by atoms with Crippen molar-refractivity contribution in [3.8, 4) is 11.3 Å². The summed E-state index contributed by atoms with van der Waals surface area (Å²) in [6.45, 7) is 0.504. The second-order valence-electron chi connectivity index (χ2n) is 4.44. The second-order valence-corrected chi connectivity index (χ2v) is 5.30. The molecule has 2 heterocycles. The number of amides is 1. The molecule has 4 nitrogen and oxygen atoms in total. The molecular formula is C16H13N3OS. The van der Waals surface area contributed by atoms with E-state index in [9.17, 15) is 4.79 Å². The Morgan fingerprint density at radius 1 is 1.10 bits per heavy atom. The molecule has 1 aromatic carbocycles. The molecule has 0 fully saturated rings. The molecule has 0 aliphatic carbocycles. The van der Waals surface area contributed by atoms with Crippen LogP contribution in [0.25, 0.3) is 11.3 Å². The van der Waals surface area contributed by atoms with E-state index in [0.717, 1.165) is 16.8 Å². The zero-order chi connectivity index (χ0) is 14.5. The molecule has 5 heteroatoms. The quantitative estimate of drug-likeness (QED) is 0.804. The maximum Gasteiger partial charge on any atom is 0.280 e. The number of carbonyl (C=O) groups is 1. The Morgan fingerprint density at radius 2 is 1.86 bits per heavy atom. The maximum absolute atomic E-state index is 12.1. The van der Waals surface area contributed by atoms with Gasteiger partial charge in [0.2, 0.25) is 0 Å². The van der Waals surface area contributed by atoms with Crippen LogP contribution in [0.15, 0.2) is 60.2 Å². The zero-order valence-electron chi connectivity index (χ0n) is 11.2. The molecular weight excluding hydrogens is 282 g/mol. The molecule has 0 aliphatic rings. The highest BCUT2D eigenvalue weighted by Crippen LogP contribution is 2.20. The van der Waals surface area contributed by atoms with Crippen LogP contribution in [0.3, 0.4) is 0 Å². The largest absolute Gasteiger partial charge is 0.346 e. The number of benzene rings is 1. The Morgan fingerprint density at radius 3 is 2.62 bits per heavy atom. The van der Waals surface area contributed by atoms with Crippen LogP contribution in [0.1, 0.15) is 15.4 Å². The van der Waals surface area contributed by atoms with Crippen molar-refractivity contribution in [3.05, 3.63) is 70.8 Å². The highest BCUT2D eigenvalue weighted by molar-refractivity contribution is 7.12. The first kappa shape index (κ1) is 13.5. The summed E-state index contributed by atoms with van der Waals surface area (Å²) in [6.07, 6.45) is 3.42. The van der Waals surface area contributed by atoms with Gasteiger partial charge in [0, 0.05) is 29.9 Å². The number of carbonyl (C=O) groups excluding carboxylic acids is 1. The topological polar surface area (TPSA) is 54.9 Å². The van der Waals surface area contributed by atoms with Crippen LogP contribution in [0.4, 0.5) is 0 Å². The number of aromatic nitrogens is 2.